The Morgan fingerprint density at radius 3 is 2.63 bits per heavy atom. The highest BCUT2D eigenvalue weighted by Gasteiger charge is 2.14. The Kier molecular flexibility index (Phi) is 6.30. The molecule has 0 aliphatic rings. The summed E-state index contributed by atoms with van der Waals surface area (Å²) in [6.45, 7) is 2.21. The van der Waals surface area contributed by atoms with Gasteiger partial charge in [-0.3, -0.25) is 0 Å². The number of unbranched alkanes of at least 4 members (excludes halogenated alkanes) is 2. The molecule has 0 amide bonds. The maximum atomic E-state index is 6.28. The zero-order valence-electron chi connectivity index (χ0n) is 17.1. The van der Waals surface area contributed by atoms with E-state index in [1.54, 1.807) is 6.20 Å². The molecule has 0 unspecified atom stereocenters. The maximum Gasteiger partial charge on any atom is 0.133 e. The summed E-state index contributed by atoms with van der Waals surface area (Å²) < 4.78 is 8.30. The smallest absolute Gasteiger partial charge is 0.133 e. The van der Waals surface area contributed by atoms with Crippen LogP contribution in [0.25, 0.3) is 22.0 Å². The minimum Gasteiger partial charge on any atom is -0.489 e. The lowest BCUT2D eigenvalue weighted by Gasteiger charge is -2.08. The van der Waals surface area contributed by atoms with Crippen molar-refractivity contribution in [3.63, 3.8) is 0 Å². The molecular formula is C25H28N4O. The van der Waals surface area contributed by atoms with E-state index in [1.165, 1.54) is 0 Å². The van der Waals surface area contributed by atoms with Gasteiger partial charge in [-0.15, -0.1) is 0 Å². The number of anilines is 1. The molecule has 5 heteroatoms. The first-order chi connectivity index (χ1) is 14.8. The van der Waals surface area contributed by atoms with Crippen LogP contribution >= 0.6 is 0 Å². The molecule has 0 spiro atoms. The Bertz CT molecular complexity index is 1100. The summed E-state index contributed by atoms with van der Waals surface area (Å²) in [5, 5.41) is 0.997. The lowest BCUT2D eigenvalue weighted by Crippen LogP contribution is -2.01. The molecule has 0 aliphatic heterocycles. The van der Waals surface area contributed by atoms with Gasteiger partial charge in [-0.1, -0.05) is 48.9 Å². The van der Waals surface area contributed by atoms with Crippen LogP contribution in [0, 0.1) is 0 Å². The average molecular weight is 401 g/mol. The molecule has 0 saturated heterocycles. The second-order valence-corrected chi connectivity index (χ2v) is 7.48. The van der Waals surface area contributed by atoms with Crippen LogP contribution in [0.3, 0.4) is 0 Å². The quantitative estimate of drug-likeness (QED) is 0.388. The van der Waals surface area contributed by atoms with Gasteiger partial charge in [0, 0.05) is 29.9 Å². The molecule has 2 aromatic carbocycles. The number of pyridine rings is 1. The van der Waals surface area contributed by atoms with Gasteiger partial charge in [-0.05, 0) is 48.7 Å². The van der Waals surface area contributed by atoms with Gasteiger partial charge in [0.15, 0.2) is 0 Å². The number of fused-ring (bicyclic) bond motifs is 1. The van der Waals surface area contributed by atoms with Crippen LogP contribution in [0.15, 0.2) is 73.1 Å². The van der Waals surface area contributed by atoms with Crippen LogP contribution in [0.5, 0.6) is 5.75 Å². The third kappa shape index (κ3) is 4.47. The highest BCUT2D eigenvalue weighted by Crippen LogP contribution is 2.35. The van der Waals surface area contributed by atoms with E-state index in [1.807, 2.05) is 36.4 Å². The molecule has 154 valence electrons. The zero-order chi connectivity index (χ0) is 20.8. The predicted molar refractivity (Wildman–Crippen MR) is 123 cm³/mol. The van der Waals surface area contributed by atoms with Crippen LogP contribution in [0.1, 0.15) is 24.8 Å². The average Bonchev–Trinajstić information content (AvgIpc) is 3.16. The number of nitrogens with two attached hydrogens (primary N) is 2. The molecule has 0 bridgehead atoms. The molecule has 2 aromatic heterocycles. The van der Waals surface area contributed by atoms with E-state index in [0.29, 0.717) is 12.4 Å². The Morgan fingerprint density at radius 1 is 0.933 bits per heavy atom. The zero-order valence-corrected chi connectivity index (χ0v) is 17.1. The number of hydrogen-bond acceptors (Lipinski definition) is 4. The Hall–Kier alpha value is -3.31. The third-order valence-corrected chi connectivity index (χ3v) is 5.32. The molecule has 5 nitrogen and oxygen atoms in total. The maximum absolute atomic E-state index is 6.28. The third-order valence-electron chi connectivity index (χ3n) is 5.32. The molecule has 30 heavy (non-hydrogen) atoms. The fraction of sp³-hybridized carbons (Fsp3) is 0.240. The summed E-state index contributed by atoms with van der Waals surface area (Å²) in [5.41, 5.74) is 16.3. The number of hydrogen-bond donors (Lipinski definition) is 2. The molecular weight excluding hydrogens is 372 g/mol. The summed E-state index contributed by atoms with van der Waals surface area (Å²) in [4.78, 5) is 4.33. The highest BCUT2D eigenvalue weighted by molar-refractivity contribution is 6.02. The van der Waals surface area contributed by atoms with Crippen molar-refractivity contribution in [2.45, 2.75) is 32.4 Å². The van der Waals surface area contributed by atoms with Gasteiger partial charge in [0.25, 0.3) is 0 Å². The first kappa shape index (κ1) is 20.0. The van der Waals surface area contributed by atoms with Crippen LogP contribution < -0.4 is 16.2 Å². The lowest BCUT2D eigenvalue weighted by molar-refractivity contribution is 0.306. The number of aromatic nitrogens is 2. The van der Waals surface area contributed by atoms with E-state index in [0.717, 1.165) is 65.7 Å². The molecule has 4 N–H and O–H groups in total. The van der Waals surface area contributed by atoms with E-state index < -0.39 is 0 Å². The van der Waals surface area contributed by atoms with Crippen LogP contribution in [-0.2, 0) is 13.2 Å². The van der Waals surface area contributed by atoms with E-state index in [-0.39, 0.29) is 0 Å². The van der Waals surface area contributed by atoms with Crippen molar-refractivity contribution in [3.8, 4) is 16.9 Å². The number of aryl methyl sites for hydroxylation is 1. The van der Waals surface area contributed by atoms with Gasteiger partial charge in [0.2, 0.25) is 0 Å². The fourth-order valence-electron chi connectivity index (χ4n) is 3.77. The summed E-state index contributed by atoms with van der Waals surface area (Å²) >= 11 is 0. The molecule has 4 aromatic rings. The van der Waals surface area contributed by atoms with Crippen molar-refractivity contribution in [2.75, 3.05) is 12.3 Å². The van der Waals surface area contributed by atoms with Gasteiger partial charge >= 0.3 is 0 Å². The standard InChI is InChI=1S/C25H28N4O/c26-13-5-2-6-15-29-17-22(24-23(29)12-14-28-25(24)27)20-10-7-11-21(16-20)30-18-19-8-3-1-4-9-19/h1,3-4,7-12,14,16-17H,2,5-6,13,15,18,26H2,(H2,27,28). The number of nitrogens with zero attached hydrogens (tertiary/aromatic N) is 2. The second-order valence-electron chi connectivity index (χ2n) is 7.48. The van der Waals surface area contributed by atoms with Crippen LogP contribution in [0.4, 0.5) is 5.82 Å². The van der Waals surface area contributed by atoms with Gasteiger partial charge in [0.05, 0.1) is 5.52 Å². The van der Waals surface area contributed by atoms with Crippen molar-refractivity contribution < 1.29 is 4.74 Å². The van der Waals surface area contributed by atoms with Crippen molar-refractivity contribution in [1.82, 2.24) is 9.55 Å². The molecule has 0 radical (unpaired) electrons. The molecule has 0 atom stereocenters. The Balaban J connectivity index is 1.62. The van der Waals surface area contributed by atoms with Gasteiger partial charge in [0.1, 0.15) is 18.2 Å². The summed E-state index contributed by atoms with van der Waals surface area (Å²) in [6.07, 6.45) is 7.22. The van der Waals surface area contributed by atoms with Crippen molar-refractivity contribution in [3.05, 3.63) is 78.6 Å². The monoisotopic (exact) mass is 400 g/mol. The van der Waals surface area contributed by atoms with Crippen molar-refractivity contribution in [2.24, 2.45) is 5.73 Å². The van der Waals surface area contributed by atoms with E-state index >= 15 is 0 Å². The van der Waals surface area contributed by atoms with Crippen LogP contribution in [0.2, 0.25) is 0 Å². The minimum atomic E-state index is 0.539. The van der Waals surface area contributed by atoms with E-state index in [2.05, 4.69) is 40.0 Å². The largest absolute Gasteiger partial charge is 0.489 e. The first-order valence-corrected chi connectivity index (χ1v) is 10.5. The summed E-state index contributed by atoms with van der Waals surface area (Å²) in [5.74, 6) is 1.39. The number of ether oxygens (including phenoxy) is 1. The van der Waals surface area contributed by atoms with E-state index in [4.69, 9.17) is 16.2 Å². The van der Waals surface area contributed by atoms with Crippen molar-refractivity contribution >= 4 is 16.7 Å². The summed E-state index contributed by atoms with van der Waals surface area (Å²) in [6, 6.07) is 20.4. The van der Waals surface area contributed by atoms with Crippen LogP contribution in [-0.4, -0.2) is 16.1 Å². The SMILES string of the molecule is NCCCCCn1cc(-c2cccc(OCc3ccccc3)c2)c2c(N)nccc21. The molecule has 2 heterocycles. The normalized spacial score (nSPS) is 11.1. The molecule has 4 rings (SSSR count). The Labute approximate surface area is 177 Å². The van der Waals surface area contributed by atoms with Crippen molar-refractivity contribution in [1.29, 1.82) is 0 Å². The van der Waals surface area contributed by atoms with E-state index in [9.17, 15) is 0 Å². The molecule has 0 aliphatic carbocycles. The highest BCUT2D eigenvalue weighted by atomic mass is 16.5. The van der Waals surface area contributed by atoms with Gasteiger partial charge in [-0.25, -0.2) is 4.98 Å². The summed E-state index contributed by atoms with van der Waals surface area (Å²) in [7, 11) is 0. The number of nitrogen functional groups attached to an aromatic ring is 1. The predicted octanol–water partition coefficient (Wildman–Crippen LogP) is 4.99. The Morgan fingerprint density at radius 2 is 1.80 bits per heavy atom. The molecule has 0 fully saturated rings. The van der Waals surface area contributed by atoms with Gasteiger partial charge < -0.3 is 20.8 Å². The van der Waals surface area contributed by atoms with Gasteiger partial charge in [-0.2, -0.15) is 0 Å². The fourth-order valence-corrected chi connectivity index (χ4v) is 3.77. The molecule has 0 saturated carbocycles. The first-order valence-electron chi connectivity index (χ1n) is 10.5. The topological polar surface area (TPSA) is 79.1 Å². The number of benzene rings is 2. The lowest BCUT2D eigenvalue weighted by atomic mass is 10.1. The second kappa shape index (κ2) is 9.46. The minimum absolute atomic E-state index is 0.539. The number of rotatable bonds is 9.